The molecule has 216 valence electrons. The molecule has 42 heavy (non-hydrogen) atoms. The first-order valence-corrected chi connectivity index (χ1v) is 12.1. The van der Waals surface area contributed by atoms with E-state index in [2.05, 4.69) is 31.1 Å². The lowest BCUT2D eigenvalue weighted by Crippen LogP contribution is -2.48. The molecule has 0 spiro atoms. The average Bonchev–Trinajstić information content (AvgIpc) is 3.55. The van der Waals surface area contributed by atoms with E-state index in [1.54, 1.807) is 0 Å². The third-order valence-corrected chi connectivity index (χ3v) is 6.07. The predicted octanol–water partition coefficient (Wildman–Crippen LogP) is 2.77. The fourth-order valence-electron chi connectivity index (χ4n) is 4.06. The molecule has 2 aromatic heterocycles. The highest BCUT2D eigenvalue weighted by Gasteiger charge is 2.37. The van der Waals surface area contributed by atoms with E-state index in [-0.39, 0.29) is 41.8 Å². The molecule has 5 rings (SSSR count). The minimum atomic E-state index is -4.87. The van der Waals surface area contributed by atoms with Crippen LogP contribution < -0.4 is 10.6 Å². The fraction of sp³-hybridized carbons (Fsp3) is 0.240. The summed E-state index contributed by atoms with van der Waals surface area (Å²) in [5.41, 5.74) is -0.904. The predicted molar refractivity (Wildman–Crippen MR) is 131 cm³/mol. The number of aryl methyl sites for hydroxylation is 1. The van der Waals surface area contributed by atoms with Crippen LogP contribution in [0.3, 0.4) is 0 Å². The Kier molecular flexibility index (Phi) is 7.39. The van der Waals surface area contributed by atoms with Gasteiger partial charge in [0.05, 0.1) is 47.8 Å². The van der Waals surface area contributed by atoms with Gasteiger partial charge < -0.3 is 15.4 Å². The van der Waals surface area contributed by atoms with Gasteiger partial charge in [-0.25, -0.2) is 13.5 Å². The number of amides is 2. The van der Waals surface area contributed by atoms with Gasteiger partial charge >= 0.3 is 6.18 Å². The number of halogens is 5. The van der Waals surface area contributed by atoms with Gasteiger partial charge in [0.15, 0.2) is 11.6 Å². The van der Waals surface area contributed by atoms with Crippen LogP contribution >= 0.6 is 0 Å². The third-order valence-electron chi connectivity index (χ3n) is 6.07. The highest BCUT2D eigenvalue weighted by atomic mass is 19.4. The lowest BCUT2D eigenvalue weighted by Gasteiger charge is -2.27. The molecule has 0 unspecified atom stereocenters. The van der Waals surface area contributed by atoms with Crippen LogP contribution in [0.4, 0.5) is 27.6 Å². The van der Waals surface area contributed by atoms with E-state index in [1.807, 2.05) is 6.07 Å². The first-order chi connectivity index (χ1) is 19.9. The molecule has 1 aliphatic heterocycles. The smallest absolute Gasteiger partial charge is 0.377 e. The van der Waals surface area contributed by atoms with Crippen LogP contribution in [0.5, 0.6) is 0 Å². The molecule has 0 aliphatic carbocycles. The molecule has 3 heterocycles. The number of nitrogens with one attached hydrogen (secondary N) is 2. The molecule has 2 aromatic carbocycles. The molecule has 2 amide bonds. The van der Waals surface area contributed by atoms with Crippen LogP contribution in [0.2, 0.25) is 0 Å². The van der Waals surface area contributed by atoms with Crippen molar-refractivity contribution in [3.63, 3.8) is 0 Å². The van der Waals surface area contributed by atoms with Gasteiger partial charge in [0, 0.05) is 0 Å². The molecule has 17 heteroatoms. The molecule has 2 N–H and O–H groups in total. The molecular formula is C25H18F5N9O3. The van der Waals surface area contributed by atoms with Crippen molar-refractivity contribution < 1.29 is 36.3 Å². The summed E-state index contributed by atoms with van der Waals surface area (Å²) in [5.74, 6) is -5.28. The van der Waals surface area contributed by atoms with Crippen molar-refractivity contribution in [2.24, 2.45) is 0 Å². The quantitative estimate of drug-likeness (QED) is 0.313. The number of aromatic nitrogens is 6. The van der Waals surface area contributed by atoms with Gasteiger partial charge in [0.1, 0.15) is 17.9 Å². The van der Waals surface area contributed by atoms with Gasteiger partial charge in [-0.3, -0.25) is 9.59 Å². The zero-order valence-electron chi connectivity index (χ0n) is 21.4. The number of ether oxygens (including phenoxy) is 1. The Morgan fingerprint density at radius 2 is 1.83 bits per heavy atom. The molecule has 0 atom stereocenters. The van der Waals surface area contributed by atoms with E-state index < -0.39 is 53.4 Å². The number of alkyl halides is 3. The van der Waals surface area contributed by atoms with Gasteiger partial charge in [-0.2, -0.15) is 28.3 Å². The molecule has 1 fully saturated rings. The summed E-state index contributed by atoms with van der Waals surface area (Å²) in [6.07, 6.45) is -4.87. The molecule has 0 saturated carbocycles. The third kappa shape index (κ3) is 5.65. The van der Waals surface area contributed by atoms with Gasteiger partial charge in [-0.05, 0) is 48.0 Å². The van der Waals surface area contributed by atoms with Gasteiger partial charge in [-0.15, -0.1) is 10.2 Å². The Morgan fingerprint density at radius 3 is 2.43 bits per heavy atom. The second-order valence-electron chi connectivity index (χ2n) is 9.13. The van der Waals surface area contributed by atoms with Crippen LogP contribution in [-0.4, -0.2) is 61.1 Å². The lowest BCUT2D eigenvalue weighted by molar-refractivity contribution is -0.145. The SMILES string of the molecule is Cc1cc(C#N)cc(C(=O)NC2COC2)c1NC(=O)c1cc(Cn2nnc(C(F)(F)F)n2)nn1-c1c(F)cccc1F. The molecular weight excluding hydrogens is 569 g/mol. The maximum atomic E-state index is 14.8. The van der Waals surface area contributed by atoms with Crippen LogP contribution in [0.1, 0.15) is 43.5 Å². The molecule has 0 radical (unpaired) electrons. The number of hydrogen-bond acceptors (Lipinski definition) is 8. The fourth-order valence-corrected chi connectivity index (χ4v) is 4.06. The van der Waals surface area contributed by atoms with E-state index in [0.29, 0.717) is 15.0 Å². The summed E-state index contributed by atoms with van der Waals surface area (Å²) in [6.45, 7) is 1.56. The lowest BCUT2D eigenvalue weighted by atomic mass is 10.0. The summed E-state index contributed by atoms with van der Waals surface area (Å²) in [7, 11) is 0. The first kappa shape index (κ1) is 28.3. The standard InChI is InChI=1S/C25H18F5N9O3/c1-12-5-13(8-31)6-16(22(40)32-15-10-42-11-15)20(12)33-23(41)19-7-14(9-38-36-24(34-37-38)25(28,29)30)35-39(19)21-17(26)3-2-4-18(21)27/h2-7,15H,9-11H2,1H3,(H,32,40)(H,33,41). The van der Waals surface area contributed by atoms with Crippen LogP contribution in [0.15, 0.2) is 36.4 Å². The number of para-hydroxylation sites is 1. The van der Waals surface area contributed by atoms with Crippen molar-refractivity contribution in [1.29, 1.82) is 5.26 Å². The first-order valence-electron chi connectivity index (χ1n) is 12.1. The number of hydrogen-bond donors (Lipinski definition) is 2. The largest absolute Gasteiger partial charge is 0.455 e. The Balaban J connectivity index is 1.54. The topological polar surface area (TPSA) is 153 Å². The normalized spacial score (nSPS) is 13.4. The highest BCUT2D eigenvalue weighted by molar-refractivity contribution is 6.09. The number of benzene rings is 2. The van der Waals surface area contributed by atoms with Gasteiger partial charge in [0.25, 0.3) is 17.6 Å². The van der Waals surface area contributed by atoms with E-state index in [9.17, 15) is 36.8 Å². The molecule has 1 saturated heterocycles. The van der Waals surface area contributed by atoms with Crippen molar-refractivity contribution in [2.75, 3.05) is 18.5 Å². The van der Waals surface area contributed by atoms with Crippen molar-refractivity contribution in [3.05, 3.63) is 81.9 Å². The minimum Gasteiger partial charge on any atom is -0.377 e. The number of rotatable bonds is 7. The summed E-state index contributed by atoms with van der Waals surface area (Å²) in [4.78, 5) is 27.1. The van der Waals surface area contributed by atoms with E-state index in [4.69, 9.17) is 4.74 Å². The molecule has 4 aromatic rings. The summed E-state index contributed by atoms with van der Waals surface area (Å²) >= 11 is 0. The van der Waals surface area contributed by atoms with Crippen molar-refractivity contribution in [3.8, 4) is 11.8 Å². The molecule has 1 aliphatic rings. The summed E-state index contributed by atoms with van der Waals surface area (Å²) in [6, 6.07) is 8.36. The monoisotopic (exact) mass is 587 g/mol. The zero-order chi connectivity index (χ0) is 30.2. The Morgan fingerprint density at radius 1 is 1.12 bits per heavy atom. The number of anilines is 1. The van der Waals surface area contributed by atoms with E-state index in [0.717, 1.165) is 24.3 Å². The summed E-state index contributed by atoms with van der Waals surface area (Å²) in [5, 5.41) is 28.1. The number of carbonyl (C=O) groups excluding carboxylic acids is 2. The van der Waals surface area contributed by atoms with Gasteiger partial charge in [0.2, 0.25) is 0 Å². The summed E-state index contributed by atoms with van der Waals surface area (Å²) < 4.78 is 73.9. The minimum absolute atomic E-state index is 0.00723. The van der Waals surface area contributed by atoms with Crippen molar-refractivity contribution in [2.45, 2.75) is 25.7 Å². The van der Waals surface area contributed by atoms with Crippen LogP contribution in [-0.2, 0) is 17.5 Å². The number of carbonyl (C=O) groups is 2. The van der Waals surface area contributed by atoms with Crippen LogP contribution in [0, 0.1) is 29.9 Å². The van der Waals surface area contributed by atoms with Crippen molar-refractivity contribution in [1.82, 2.24) is 35.3 Å². The van der Waals surface area contributed by atoms with E-state index >= 15 is 0 Å². The van der Waals surface area contributed by atoms with Crippen molar-refractivity contribution >= 4 is 17.5 Å². The second kappa shape index (κ2) is 11.0. The highest BCUT2D eigenvalue weighted by Crippen LogP contribution is 2.27. The Hall–Kier alpha value is -5.24. The Labute approximate surface area is 232 Å². The van der Waals surface area contributed by atoms with Gasteiger partial charge in [-0.1, -0.05) is 6.07 Å². The van der Waals surface area contributed by atoms with E-state index in [1.165, 1.54) is 19.1 Å². The average molecular weight is 587 g/mol. The maximum Gasteiger partial charge on any atom is 0.455 e. The zero-order valence-corrected chi connectivity index (χ0v) is 21.4. The maximum absolute atomic E-state index is 14.8. The van der Waals surface area contributed by atoms with Crippen LogP contribution in [0.25, 0.3) is 5.69 Å². The molecule has 0 bridgehead atoms. The Bertz CT molecular complexity index is 1720. The number of nitriles is 1. The molecule has 12 nitrogen and oxygen atoms in total. The number of nitrogens with zero attached hydrogens (tertiary/aromatic N) is 7. The second-order valence-corrected chi connectivity index (χ2v) is 9.13. The number of tetrazole rings is 1.